The molecule has 2 amide bonds. The molecule has 2 aliphatic heterocycles. The Bertz CT molecular complexity index is 1360. The number of rotatable bonds is 8. The zero-order valence-corrected chi connectivity index (χ0v) is 24.5. The average molecular weight is 563 g/mol. The molecule has 7 nitrogen and oxygen atoms in total. The van der Waals surface area contributed by atoms with Gasteiger partial charge in [0.15, 0.2) is 0 Å². The van der Waals surface area contributed by atoms with Gasteiger partial charge >= 0.3 is 0 Å². The fraction of sp³-hybridized carbons (Fsp3) is 0.469. The summed E-state index contributed by atoms with van der Waals surface area (Å²) in [7, 11) is 1.83. The first-order valence-corrected chi connectivity index (χ1v) is 14.6. The van der Waals surface area contributed by atoms with Crippen molar-refractivity contribution in [2.75, 3.05) is 26.2 Å². The minimum Gasteiger partial charge on any atom is -0.493 e. The van der Waals surface area contributed by atoms with Crippen molar-refractivity contribution in [1.82, 2.24) is 19.6 Å². The summed E-state index contributed by atoms with van der Waals surface area (Å²) in [6.45, 7) is 7.20. The second kappa shape index (κ2) is 12.0. The molecule has 1 saturated heterocycles. The van der Waals surface area contributed by atoms with Gasteiger partial charge in [0.05, 0.1) is 12.3 Å². The highest BCUT2D eigenvalue weighted by molar-refractivity contribution is 6.30. The molecule has 5 rings (SSSR count). The molecule has 0 spiro atoms. The number of fused-ring (bicyclic) bond motifs is 1. The number of aromatic nitrogens is 2. The molecular weight excluding hydrogens is 524 g/mol. The van der Waals surface area contributed by atoms with Gasteiger partial charge in [-0.05, 0) is 67.0 Å². The number of halogens is 1. The normalized spacial score (nSPS) is 16.6. The molecular formula is C32H39ClN4O3. The number of likely N-dealkylation sites (tertiary alicyclic amines) is 1. The van der Waals surface area contributed by atoms with E-state index < -0.39 is 0 Å². The third-order valence-electron chi connectivity index (χ3n) is 8.23. The maximum Gasteiger partial charge on any atom is 0.272 e. The number of hydrogen-bond acceptors (Lipinski definition) is 4. The van der Waals surface area contributed by atoms with Crippen LogP contribution in [0.5, 0.6) is 5.75 Å². The van der Waals surface area contributed by atoms with Crippen molar-refractivity contribution in [2.24, 2.45) is 18.4 Å². The highest BCUT2D eigenvalue weighted by Crippen LogP contribution is 2.38. The van der Waals surface area contributed by atoms with Crippen LogP contribution in [0.25, 0.3) is 0 Å². The predicted octanol–water partition coefficient (Wildman–Crippen LogP) is 5.55. The Morgan fingerprint density at radius 1 is 1.00 bits per heavy atom. The van der Waals surface area contributed by atoms with Crippen LogP contribution in [0.3, 0.4) is 0 Å². The van der Waals surface area contributed by atoms with Gasteiger partial charge in [0.1, 0.15) is 11.4 Å². The van der Waals surface area contributed by atoms with E-state index in [0.29, 0.717) is 67.9 Å². The molecule has 3 heterocycles. The van der Waals surface area contributed by atoms with Gasteiger partial charge in [-0.15, -0.1) is 0 Å². The van der Waals surface area contributed by atoms with Crippen LogP contribution in [0.1, 0.15) is 60.4 Å². The molecule has 212 valence electrons. The monoisotopic (exact) mass is 562 g/mol. The van der Waals surface area contributed by atoms with Crippen LogP contribution >= 0.6 is 11.6 Å². The van der Waals surface area contributed by atoms with Crippen LogP contribution < -0.4 is 4.74 Å². The van der Waals surface area contributed by atoms with Gasteiger partial charge < -0.3 is 14.5 Å². The van der Waals surface area contributed by atoms with Crippen LogP contribution in [0.4, 0.5) is 0 Å². The van der Waals surface area contributed by atoms with Crippen LogP contribution in [-0.4, -0.2) is 57.6 Å². The number of benzene rings is 2. The number of amides is 2. The summed E-state index contributed by atoms with van der Waals surface area (Å²) in [6.07, 6.45) is 3.48. The zero-order valence-electron chi connectivity index (χ0n) is 23.7. The lowest BCUT2D eigenvalue weighted by Gasteiger charge is -2.42. The Hall–Kier alpha value is -3.32. The van der Waals surface area contributed by atoms with Gasteiger partial charge in [0, 0.05) is 50.1 Å². The van der Waals surface area contributed by atoms with Gasteiger partial charge in [-0.2, -0.15) is 5.10 Å². The molecule has 2 aliphatic rings. The van der Waals surface area contributed by atoms with Crippen molar-refractivity contribution in [3.05, 3.63) is 82.1 Å². The molecule has 0 N–H and O–H groups in total. The van der Waals surface area contributed by atoms with E-state index in [4.69, 9.17) is 16.3 Å². The predicted molar refractivity (Wildman–Crippen MR) is 156 cm³/mol. The van der Waals surface area contributed by atoms with E-state index in [-0.39, 0.29) is 17.2 Å². The summed E-state index contributed by atoms with van der Waals surface area (Å²) in [5.41, 5.74) is 3.73. The molecule has 1 fully saturated rings. The summed E-state index contributed by atoms with van der Waals surface area (Å²) in [4.78, 5) is 31.0. The van der Waals surface area contributed by atoms with Crippen LogP contribution in [0.15, 0.2) is 54.6 Å². The van der Waals surface area contributed by atoms with E-state index in [9.17, 15) is 9.59 Å². The van der Waals surface area contributed by atoms with Gasteiger partial charge in [-0.25, -0.2) is 0 Å². The molecule has 40 heavy (non-hydrogen) atoms. The number of aryl methyl sites for hydroxylation is 1. The van der Waals surface area contributed by atoms with E-state index in [0.717, 1.165) is 25.1 Å². The molecule has 0 unspecified atom stereocenters. The van der Waals surface area contributed by atoms with Crippen molar-refractivity contribution in [3.8, 4) is 5.75 Å². The Kier molecular flexibility index (Phi) is 8.50. The Balaban J connectivity index is 1.29. The maximum absolute atomic E-state index is 13.7. The highest BCUT2D eigenvalue weighted by Gasteiger charge is 2.40. The first-order chi connectivity index (χ1) is 19.2. The topological polar surface area (TPSA) is 67.7 Å². The summed E-state index contributed by atoms with van der Waals surface area (Å²) in [5.74, 6) is 1.30. The third-order valence-corrected chi connectivity index (χ3v) is 8.46. The lowest BCUT2D eigenvalue weighted by atomic mass is 9.75. The molecule has 1 aromatic heterocycles. The van der Waals surface area contributed by atoms with Crippen molar-refractivity contribution < 1.29 is 14.3 Å². The van der Waals surface area contributed by atoms with Gasteiger partial charge in [-0.1, -0.05) is 55.8 Å². The van der Waals surface area contributed by atoms with Gasteiger partial charge in [-0.3, -0.25) is 14.3 Å². The summed E-state index contributed by atoms with van der Waals surface area (Å²) in [6, 6.07) is 17.6. The minimum atomic E-state index is -0.373. The molecule has 0 radical (unpaired) electrons. The smallest absolute Gasteiger partial charge is 0.272 e. The fourth-order valence-corrected chi connectivity index (χ4v) is 6.08. The molecule has 0 bridgehead atoms. The third kappa shape index (κ3) is 6.52. The number of ether oxygens (including phenoxy) is 1. The average Bonchev–Trinajstić information content (AvgIpc) is 3.30. The highest BCUT2D eigenvalue weighted by atomic mass is 35.5. The molecule has 8 heteroatoms. The molecule has 0 saturated carbocycles. The van der Waals surface area contributed by atoms with E-state index in [2.05, 4.69) is 37.1 Å². The molecule has 0 atom stereocenters. The van der Waals surface area contributed by atoms with Crippen molar-refractivity contribution >= 4 is 23.4 Å². The van der Waals surface area contributed by atoms with Crippen molar-refractivity contribution in [3.63, 3.8) is 0 Å². The summed E-state index contributed by atoms with van der Waals surface area (Å²) >= 11 is 6.19. The Morgan fingerprint density at radius 2 is 1.75 bits per heavy atom. The second-order valence-corrected chi connectivity index (χ2v) is 12.2. The maximum atomic E-state index is 13.7. The first kappa shape index (κ1) is 28.2. The van der Waals surface area contributed by atoms with E-state index in [1.165, 1.54) is 11.1 Å². The quantitative estimate of drug-likeness (QED) is 0.361. The van der Waals surface area contributed by atoms with Crippen LogP contribution in [-0.2, 0) is 31.2 Å². The Morgan fingerprint density at radius 3 is 2.48 bits per heavy atom. The van der Waals surface area contributed by atoms with Crippen molar-refractivity contribution in [2.45, 2.75) is 52.5 Å². The SMILES string of the molecule is CC(C)Cc1cc(C(=O)N2CCC(COc3cccc(Cl)c3)(CC(=O)N3CCc4ccccc4C3)CC2)n(C)n1. The molecule has 0 aliphatic carbocycles. The van der Waals surface area contributed by atoms with Crippen molar-refractivity contribution in [1.29, 1.82) is 0 Å². The second-order valence-electron chi connectivity index (χ2n) is 11.8. The van der Waals surface area contributed by atoms with Gasteiger partial charge in [0.25, 0.3) is 5.91 Å². The lowest BCUT2D eigenvalue weighted by Crippen LogP contribution is -2.48. The van der Waals surface area contributed by atoms with Crippen LogP contribution in [0.2, 0.25) is 5.02 Å². The minimum absolute atomic E-state index is 0.00618. The largest absolute Gasteiger partial charge is 0.493 e. The van der Waals surface area contributed by atoms with E-state index in [1.807, 2.05) is 47.2 Å². The lowest BCUT2D eigenvalue weighted by molar-refractivity contribution is -0.136. The first-order valence-electron chi connectivity index (χ1n) is 14.3. The number of carbonyl (C=O) groups excluding carboxylic acids is 2. The Labute approximate surface area is 242 Å². The number of nitrogens with zero attached hydrogens (tertiary/aromatic N) is 4. The number of piperidine rings is 1. The number of carbonyl (C=O) groups is 2. The summed E-state index contributed by atoms with van der Waals surface area (Å²) < 4.78 is 7.94. The molecule has 3 aromatic rings. The van der Waals surface area contributed by atoms with E-state index >= 15 is 0 Å². The molecule has 2 aromatic carbocycles. The fourth-order valence-electron chi connectivity index (χ4n) is 5.90. The van der Waals surface area contributed by atoms with Crippen LogP contribution in [0, 0.1) is 11.3 Å². The standard InChI is InChI=1S/C32H39ClN4O3/c1-23(2)17-27-19-29(35(3)34-27)31(39)36-15-12-32(13-16-36,22-40-28-10-6-9-26(33)18-28)20-30(38)37-14-11-24-7-4-5-8-25(24)21-37/h4-10,18-19,23H,11-17,20-22H2,1-3H3. The summed E-state index contributed by atoms with van der Waals surface area (Å²) in [5, 5.41) is 5.17. The number of hydrogen-bond donors (Lipinski definition) is 0. The van der Waals surface area contributed by atoms with Gasteiger partial charge in [0.2, 0.25) is 5.91 Å². The zero-order chi connectivity index (χ0) is 28.3. The van der Waals surface area contributed by atoms with E-state index in [1.54, 1.807) is 10.7 Å².